The number of ether oxygens (including phenoxy) is 2. The second kappa shape index (κ2) is 12.1. The summed E-state index contributed by atoms with van der Waals surface area (Å²) >= 11 is 0. The molecule has 4 aliphatic heterocycles. The van der Waals surface area contributed by atoms with Gasteiger partial charge in [0.1, 0.15) is 16.9 Å². The third-order valence-corrected chi connectivity index (χ3v) is 14.0. The molecule has 268 valence electrons. The van der Waals surface area contributed by atoms with Crippen LogP contribution in [0.2, 0.25) is 0 Å². The fourth-order valence-corrected chi connectivity index (χ4v) is 11.9. The minimum Gasteiger partial charge on any atom is -0.496 e. The third kappa shape index (κ3) is 4.56. The number of aromatic nitrogens is 2. The maximum absolute atomic E-state index is 14.2. The lowest BCUT2D eigenvalue weighted by atomic mass is 9.58. The number of hydrogen-bond donors (Lipinski definition) is 3. The van der Waals surface area contributed by atoms with E-state index in [1.54, 1.807) is 14.0 Å². The van der Waals surface area contributed by atoms with E-state index < -0.39 is 5.41 Å². The van der Waals surface area contributed by atoms with Crippen LogP contribution in [0.3, 0.4) is 0 Å². The minimum absolute atomic E-state index is 0.0786. The van der Waals surface area contributed by atoms with Gasteiger partial charge in [0.05, 0.1) is 26.3 Å². The lowest BCUT2D eigenvalue weighted by Gasteiger charge is -2.53. The molecule has 4 aromatic rings. The molecule has 3 N–H and O–H groups in total. The van der Waals surface area contributed by atoms with Crippen LogP contribution in [0, 0.1) is 23.2 Å². The predicted molar refractivity (Wildman–Crippen MR) is 197 cm³/mol. The molecule has 51 heavy (non-hydrogen) atoms. The Bertz CT molecular complexity index is 2090. The number of carbonyl (C=O) groups is 2. The van der Waals surface area contributed by atoms with Crippen molar-refractivity contribution in [2.24, 2.45) is 23.2 Å². The molecule has 9 atom stereocenters. The number of Topliss-reactive ketones (excluding diaryl/α,β-unsaturated/α-hetero) is 1. The number of piperidine rings is 3. The summed E-state index contributed by atoms with van der Waals surface area (Å²) in [5, 5.41) is 13.8. The normalized spacial score (nSPS) is 33.7. The van der Waals surface area contributed by atoms with E-state index >= 15 is 0 Å². The number of nitrogens with one attached hydrogen (secondary N) is 2. The number of methoxy groups -OCH3 is 2. The number of aliphatic hydroxyl groups excluding tert-OH is 1. The summed E-state index contributed by atoms with van der Waals surface area (Å²) < 4.78 is 11.9. The third-order valence-electron chi connectivity index (χ3n) is 14.0. The molecule has 4 fully saturated rings. The van der Waals surface area contributed by atoms with Gasteiger partial charge in [-0.1, -0.05) is 29.8 Å². The Morgan fingerprint density at radius 3 is 2.61 bits per heavy atom. The van der Waals surface area contributed by atoms with E-state index in [0.717, 1.165) is 71.4 Å². The summed E-state index contributed by atoms with van der Waals surface area (Å²) in [7, 11) is 5.26. The molecule has 6 heterocycles. The number of carbonyl (C=O) groups excluding carboxylic acids is 2. The highest BCUT2D eigenvalue weighted by Gasteiger charge is 2.59. The highest BCUT2D eigenvalue weighted by atomic mass is 16.5. The number of para-hydroxylation sites is 1. The maximum atomic E-state index is 14.2. The zero-order valence-corrected chi connectivity index (χ0v) is 30.4. The fraction of sp³-hybridized carbons (Fsp3) is 0.524. The number of allylic oxidation sites excluding steroid dienone is 1. The Kier molecular flexibility index (Phi) is 7.80. The molecule has 1 unspecified atom stereocenters. The number of esters is 1. The molecule has 0 amide bonds. The zero-order valence-electron chi connectivity index (χ0n) is 30.4. The number of aliphatic hydroxyl groups is 1. The Balaban J connectivity index is 1.30. The average molecular weight is 691 g/mol. The van der Waals surface area contributed by atoms with Gasteiger partial charge in [-0.15, -0.1) is 0 Å². The molecular weight excluding hydrogens is 640 g/mol. The average Bonchev–Trinajstić information content (AvgIpc) is 3.67. The van der Waals surface area contributed by atoms with Crippen molar-refractivity contribution in [3.8, 4) is 5.75 Å². The van der Waals surface area contributed by atoms with Crippen molar-refractivity contribution in [3.05, 3.63) is 76.1 Å². The Morgan fingerprint density at radius 1 is 1.04 bits per heavy atom. The molecule has 6 bridgehead atoms. The van der Waals surface area contributed by atoms with Crippen LogP contribution in [-0.4, -0.2) is 96.2 Å². The molecule has 3 saturated heterocycles. The number of H-pyrrole nitrogens is 2. The Labute approximate surface area is 299 Å². The summed E-state index contributed by atoms with van der Waals surface area (Å²) in [5.74, 6) is 1.20. The van der Waals surface area contributed by atoms with Gasteiger partial charge in [-0.25, -0.2) is 0 Å². The highest BCUT2D eigenvalue weighted by Crippen LogP contribution is 2.56. The Morgan fingerprint density at radius 2 is 1.86 bits per heavy atom. The number of benzene rings is 2. The molecule has 2 aromatic carbocycles. The van der Waals surface area contributed by atoms with Crippen molar-refractivity contribution in [2.45, 2.75) is 69.9 Å². The quantitative estimate of drug-likeness (QED) is 0.182. The highest BCUT2D eigenvalue weighted by molar-refractivity contribution is 5.92. The van der Waals surface area contributed by atoms with Crippen molar-refractivity contribution >= 4 is 33.6 Å². The number of hydrogen-bond acceptors (Lipinski definition) is 7. The number of fused-ring (bicyclic) bond motifs is 9. The van der Waals surface area contributed by atoms with Crippen LogP contribution >= 0.6 is 0 Å². The van der Waals surface area contributed by atoms with Crippen molar-refractivity contribution < 1.29 is 24.2 Å². The van der Waals surface area contributed by atoms with Gasteiger partial charge in [0.15, 0.2) is 0 Å². The number of ketones is 1. The van der Waals surface area contributed by atoms with Crippen molar-refractivity contribution in [2.75, 3.05) is 47.5 Å². The van der Waals surface area contributed by atoms with Crippen LogP contribution in [0.4, 0.5) is 0 Å². The molecule has 0 radical (unpaired) electrons. The van der Waals surface area contributed by atoms with Crippen LogP contribution in [0.1, 0.15) is 73.0 Å². The second-order valence-corrected chi connectivity index (χ2v) is 16.1. The first-order valence-corrected chi connectivity index (χ1v) is 18.8. The first-order valence-electron chi connectivity index (χ1n) is 18.8. The summed E-state index contributed by atoms with van der Waals surface area (Å²) in [6.07, 6.45) is 6.36. The van der Waals surface area contributed by atoms with Gasteiger partial charge in [0.25, 0.3) is 0 Å². The van der Waals surface area contributed by atoms with Crippen molar-refractivity contribution in [1.29, 1.82) is 0 Å². The van der Waals surface area contributed by atoms with Gasteiger partial charge in [0.2, 0.25) is 0 Å². The van der Waals surface area contributed by atoms with Gasteiger partial charge in [-0.3, -0.25) is 19.4 Å². The number of aromatic amines is 2. The molecule has 1 saturated carbocycles. The first-order chi connectivity index (χ1) is 24.7. The molecular formula is C42H50N4O5. The summed E-state index contributed by atoms with van der Waals surface area (Å²) in [6.45, 7) is 6.28. The van der Waals surface area contributed by atoms with Gasteiger partial charge >= 0.3 is 5.97 Å². The maximum Gasteiger partial charge on any atom is 0.316 e. The van der Waals surface area contributed by atoms with E-state index in [1.165, 1.54) is 29.3 Å². The number of likely N-dealkylation sites (tertiary alicyclic amines) is 1. The fourth-order valence-electron chi connectivity index (χ4n) is 11.9. The van der Waals surface area contributed by atoms with Crippen molar-refractivity contribution in [3.63, 3.8) is 0 Å². The van der Waals surface area contributed by atoms with Gasteiger partial charge in [-0.05, 0) is 88.2 Å². The Hall–Kier alpha value is -3.92. The van der Waals surface area contributed by atoms with E-state index in [1.807, 2.05) is 6.92 Å². The van der Waals surface area contributed by atoms with E-state index in [-0.39, 0.29) is 48.3 Å². The zero-order chi connectivity index (χ0) is 35.3. The van der Waals surface area contributed by atoms with E-state index in [0.29, 0.717) is 31.1 Å². The monoisotopic (exact) mass is 690 g/mol. The van der Waals surface area contributed by atoms with Crippen LogP contribution in [0.5, 0.6) is 5.75 Å². The van der Waals surface area contributed by atoms with Gasteiger partial charge < -0.3 is 24.5 Å². The van der Waals surface area contributed by atoms with E-state index in [9.17, 15) is 14.7 Å². The van der Waals surface area contributed by atoms with E-state index in [2.05, 4.69) is 69.3 Å². The molecule has 2 aliphatic carbocycles. The van der Waals surface area contributed by atoms with Crippen LogP contribution in [-0.2, 0) is 27.2 Å². The number of rotatable bonds is 5. The van der Waals surface area contributed by atoms with Gasteiger partial charge in [0, 0.05) is 88.6 Å². The molecule has 2 aromatic heterocycles. The van der Waals surface area contributed by atoms with Crippen LogP contribution in [0.25, 0.3) is 21.8 Å². The molecule has 9 nitrogen and oxygen atoms in total. The van der Waals surface area contributed by atoms with Crippen molar-refractivity contribution in [1.82, 2.24) is 19.8 Å². The number of likely N-dealkylation sites (N-methyl/N-ethyl adjacent to an activating group) is 1. The SMILES string of the molecule is C/C=C1/CN(C)[C@H]2Cc3c([nH]c4ccccc34)[C@@H](c3c(OC)ccc4c5c([nH]c34)[C@@H]3C[C@H]4C[C@H](C(C)=O)[C@H]3N(CC5)C4)C[C@@H]1[C@]2(CO)C(=O)OC. The standard InChI is InChI=1S/C42H50N4O5/c1-6-24-20-45(3)35-18-29-25-9-7-8-10-33(25)43-38(29)30(17-32(24)42(35,21-47)41(49)51-5)36-34(50-4)12-11-26-27-13-14-46-19-23-15-28(22(2)48)40(46)31(16-23)37(27)44-39(26)36/h6-12,23,28,30-32,35,40,43-44,47H,13-21H2,1-5H3/b24-6-/t23-,28-,30-,31+,32+,35+,40-,42+/m1/s1. The number of nitrogens with zero attached hydrogens (tertiary/aromatic N) is 2. The largest absolute Gasteiger partial charge is 0.496 e. The topological polar surface area (TPSA) is 111 Å². The van der Waals surface area contributed by atoms with Crippen LogP contribution < -0.4 is 4.74 Å². The molecule has 6 aliphatic rings. The predicted octanol–water partition coefficient (Wildman–Crippen LogP) is 5.70. The lowest BCUT2D eigenvalue weighted by molar-refractivity contribution is -0.169. The molecule has 0 spiro atoms. The molecule has 10 rings (SSSR count). The molecule has 9 heteroatoms. The summed E-state index contributed by atoms with van der Waals surface area (Å²) in [6, 6.07) is 12.8. The lowest BCUT2D eigenvalue weighted by Crippen LogP contribution is -2.63. The second-order valence-electron chi connectivity index (χ2n) is 16.1. The minimum atomic E-state index is -1.15. The van der Waals surface area contributed by atoms with Gasteiger partial charge in [-0.2, -0.15) is 0 Å². The summed E-state index contributed by atoms with van der Waals surface area (Å²) in [4.78, 5) is 40.0. The smallest absolute Gasteiger partial charge is 0.316 e. The summed E-state index contributed by atoms with van der Waals surface area (Å²) in [5.41, 5.74) is 8.19. The first kappa shape index (κ1) is 33.0. The van der Waals surface area contributed by atoms with Crippen LogP contribution in [0.15, 0.2) is 48.0 Å². The van der Waals surface area contributed by atoms with E-state index in [4.69, 9.17) is 9.47 Å².